The first-order chi connectivity index (χ1) is 14.5. The smallest absolute Gasteiger partial charge is 0.252 e. The third-order valence-corrected chi connectivity index (χ3v) is 4.69. The largest absolute Gasteiger partial charge is 0.497 e. The lowest BCUT2D eigenvalue weighted by atomic mass is 10.1. The molecule has 2 N–H and O–H groups in total. The highest BCUT2D eigenvalue weighted by molar-refractivity contribution is 6.38. The monoisotopic (exact) mass is 448 g/mol. The van der Waals surface area contributed by atoms with E-state index in [0.29, 0.717) is 33.5 Å². The van der Waals surface area contributed by atoms with Crippen molar-refractivity contribution in [2.24, 2.45) is 5.10 Å². The van der Waals surface area contributed by atoms with Gasteiger partial charge in [-0.3, -0.25) is 9.78 Å². The molecule has 1 aromatic heterocycles. The van der Waals surface area contributed by atoms with Gasteiger partial charge < -0.3 is 14.2 Å². The van der Waals surface area contributed by atoms with Gasteiger partial charge in [-0.25, -0.2) is 10.4 Å². The van der Waals surface area contributed by atoms with Crippen LogP contribution in [0.15, 0.2) is 46.3 Å². The van der Waals surface area contributed by atoms with Crippen LogP contribution >= 0.6 is 23.2 Å². The van der Waals surface area contributed by atoms with Gasteiger partial charge in [-0.05, 0) is 30.3 Å². The molecule has 0 spiro atoms. The third kappa shape index (κ3) is 4.67. The average molecular weight is 449 g/mol. The highest BCUT2D eigenvalue weighted by atomic mass is 35.5. The summed E-state index contributed by atoms with van der Waals surface area (Å²) in [6.07, 6.45) is 1.44. The normalized spacial score (nSPS) is 10.8. The van der Waals surface area contributed by atoms with Gasteiger partial charge in [0.05, 0.1) is 38.3 Å². The van der Waals surface area contributed by atoms with E-state index in [1.54, 1.807) is 37.4 Å². The zero-order valence-electron chi connectivity index (χ0n) is 16.3. The van der Waals surface area contributed by atoms with Gasteiger partial charge in [0.1, 0.15) is 16.5 Å². The SMILES string of the molecule is COc1ccc(-c2cc(=O)[nH]c(N/N=C\c3cc(Cl)c(OC)c(Cl)c3OC)n2)cc1. The molecular weight excluding hydrogens is 431 g/mol. The number of rotatable bonds is 7. The second-order valence-electron chi connectivity index (χ2n) is 5.91. The summed E-state index contributed by atoms with van der Waals surface area (Å²) < 4.78 is 15.6. The van der Waals surface area contributed by atoms with Gasteiger partial charge in [0, 0.05) is 17.2 Å². The number of nitrogens with zero attached hydrogens (tertiary/aromatic N) is 2. The van der Waals surface area contributed by atoms with Gasteiger partial charge in [-0.15, -0.1) is 0 Å². The first-order valence-corrected chi connectivity index (χ1v) is 9.37. The summed E-state index contributed by atoms with van der Waals surface area (Å²) in [4.78, 5) is 19.0. The van der Waals surface area contributed by atoms with E-state index in [9.17, 15) is 4.79 Å². The van der Waals surface area contributed by atoms with Gasteiger partial charge in [0.25, 0.3) is 5.56 Å². The molecule has 10 heteroatoms. The Morgan fingerprint density at radius 3 is 2.37 bits per heavy atom. The predicted molar refractivity (Wildman–Crippen MR) is 118 cm³/mol. The highest BCUT2D eigenvalue weighted by Crippen LogP contribution is 2.41. The maximum Gasteiger partial charge on any atom is 0.252 e. The molecule has 156 valence electrons. The van der Waals surface area contributed by atoms with Crippen molar-refractivity contribution in [2.75, 3.05) is 26.8 Å². The highest BCUT2D eigenvalue weighted by Gasteiger charge is 2.16. The summed E-state index contributed by atoms with van der Waals surface area (Å²) >= 11 is 12.4. The summed E-state index contributed by atoms with van der Waals surface area (Å²) in [5.74, 6) is 1.52. The Kier molecular flexibility index (Phi) is 6.81. The molecule has 0 aliphatic rings. The number of hydrogen-bond acceptors (Lipinski definition) is 7. The van der Waals surface area contributed by atoms with Gasteiger partial charge in [0.15, 0.2) is 5.75 Å². The van der Waals surface area contributed by atoms with Crippen molar-refractivity contribution in [1.82, 2.24) is 9.97 Å². The van der Waals surface area contributed by atoms with Crippen LogP contribution in [-0.4, -0.2) is 37.5 Å². The fourth-order valence-electron chi connectivity index (χ4n) is 2.68. The number of hydrazone groups is 1. The number of nitrogens with one attached hydrogen (secondary N) is 2. The van der Waals surface area contributed by atoms with E-state index in [1.165, 1.54) is 26.5 Å². The quantitative estimate of drug-likeness (QED) is 0.414. The van der Waals surface area contributed by atoms with Crippen LogP contribution in [0.2, 0.25) is 10.0 Å². The van der Waals surface area contributed by atoms with Gasteiger partial charge >= 0.3 is 0 Å². The number of H-pyrrole nitrogens is 1. The minimum atomic E-state index is -0.332. The van der Waals surface area contributed by atoms with Crippen LogP contribution in [0.4, 0.5) is 5.95 Å². The first kappa shape index (κ1) is 21.5. The number of hydrogen-bond donors (Lipinski definition) is 2. The van der Waals surface area contributed by atoms with Crippen molar-refractivity contribution in [2.45, 2.75) is 0 Å². The van der Waals surface area contributed by atoms with Gasteiger partial charge in [0.2, 0.25) is 5.95 Å². The van der Waals surface area contributed by atoms with Crippen molar-refractivity contribution in [3.63, 3.8) is 0 Å². The van der Waals surface area contributed by atoms with Crippen molar-refractivity contribution < 1.29 is 14.2 Å². The van der Waals surface area contributed by atoms with Gasteiger partial charge in [-0.1, -0.05) is 23.2 Å². The molecule has 0 fully saturated rings. The Labute approximate surface area is 182 Å². The van der Waals surface area contributed by atoms with Crippen LogP contribution in [0.1, 0.15) is 5.56 Å². The van der Waals surface area contributed by atoms with Crippen LogP contribution in [-0.2, 0) is 0 Å². The molecule has 0 aliphatic carbocycles. The van der Waals surface area contributed by atoms with E-state index in [4.69, 9.17) is 37.4 Å². The average Bonchev–Trinajstić information content (AvgIpc) is 2.74. The molecule has 8 nitrogen and oxygen atoms in total. The van der Waals surface area contributed by atoms with E-state index < -0.39 is 0 Å². The maximum absolute atomic E-state index is 12.0. The molecule has 0 saturated heterocycles. The molecule has 3 rings (SSSR count). The minimum Gasteiger partial charge on any atom is -0.497 e. The summed E-state index contributed by atoms with van der Waals surface area (Å²) in [7, 11) is 4.51. The summed E-state index contributed by atoms with van der Waals surface area (Å²) in [5.41, 5.74) is 4.10. The van der Waals surface area contributed by atoms with Crippen LogP contribution in [0.3, 0.4) is 0 Å². The summed E-state index contributed by atoms with van der Waals surface area (Å²) in [6, 6.07) is 10.2. The van der Waals surface area contributed by atoms with Crippen molar-refractivity contribution in [3.05, 3.63) is 62.4 Å². The molecule has 0 aliphatic heterocycles. The second-order valence-corrected chi connectivity index (χ2v) is 6.69. The Bertz CT molecular complexity index is 1130. The number of anilines is 1. The standard InChI is InChI=1S/C20H18Cl2N4O4/c1-28-13-6-4-11(5-7-13)15-9-16(27)25-20(24-15)26-23-10-12-8-14(21)19(30-3)17(22)18(12)29-2/h4-10H,1-3H3,(H2,24,25,26,27)/b23-10-. The third-order valence-electron chi connectivity index (χ3n) is 4.07. The molecule has 1 heterocycles. The van der Waals surface area contributed by atoms with Crippen LogP contribution in [0.5, 0.6) is 17.2 Å². The minimum absolute atomic E-state index is 0.161. The number of benzene rings is 2. The van der Waals surface area contributed by atoms with Crippen LogP contribution in [0, 0.1) is 0 Å². The summed E-state index contributed by atoms with van der Waals surface area (Å²) in [6.45, 7) is 0. The maximum atomic E-state index is 12.0. The topological polar surface area (TPSA) is 97.8 Å². The molecule has 0 unspecified atom stereocenters. The lowest BCUT2D eigenvalue weighted by Crippen LogP contribution is -2.10. The lowest BCUT2D eigenvalue weighted by molar-refractivity contribution is 0.394. The Morgan fingerprint density at radius 1 is 1.03 bits per heavy atom. The van der Waals surface area contributed by atoms with Gasteiger partial charge in [-0.2, -0.15) is 5.10 Å². The predicted octanol–water partition coefficient (Wildman–Crippen LogP) is 4.22. The van der Waals surface area contributed by atoms with Crippen LogP contribution in [0.25, 0.3) is 11.3 Å². The van der Waals surface area contributed by atoms with Crippen LogP contribution < -0.4 is 25.2 Å². The molecule has 0 amide bonds. The Morgan fingerprint density at radius 2 is 1.73 bits per heavy atom. The van der Waals surface area contributed by atoms with Crippen molar-refractivity contribution >= 4 is 35.4 Å². The molecule has 0 atom stereocenters. The Hall–Kier alpha value is -3.23. The lowest BCUT2D eigenvalue weighted by Gasteiger charge is -2.12. The molecule has 0 saturated carbocycles. The van der Waals surface area contributed by atoms with Crippen molar-refractivity contribution in [1.29, 1.82) is 0 Å². The van der Waals surface area contributed by atoms with E-state index in [2.05, 4.69) is 20.5 Å². The molecule has 0 bridgehead atoms. The molecular formula is C20H18Cl2N4O4. The number of aromatic nitrogens is 2. The number of halogens is 2. The van der Waals surface area contributed by atoms with E-state index >= 15 is 0 Å². The zero-order chi connectivity index (χ0) is 21.7. The number of methoxy groups -OCH3 is 3. The van der Waals surface area contributed by atoms with E-state index in [-0.39, 0.29) is 16.5 Å². The molecule has 3 aromatic rings. The molecule has 0 radical (unpaired) electrons. The van der Waals surface area contributed by atoms with E-state index in [0.717, 1.165) is 5.56 Å². The number of ether oxygens (including phenoxy) is 3. The zero-order valence-corrected chi connectivity index (χ0v) is 17.8. The second kappa shape index (κ2) is 9.51. The summed E-state index contributed by atoms with van der Waals surface area (Å²) in [5, 5.41) is 4.62. The fourth-order valence-corrected chi connectivity index (χ4v) is 3.38. The Balaban J connectivity index is 1.86. The molecule has 30 heavy (non-hydrogen) atoms. The molecule has 2 aromatic carbocycles. The fraction of sp³-hybridized carbons (Fsp3) is 0.150. The van der Waals surface area contributed by atoms with E-state index in [1.807, 2.05) is 0 Å². The number of aromatic amines is 1. The van der Waals surface area contributed by atoms with Crippen molar-refractivity contribution in [3.8, 4) is 28.5 Å². The first-order valence-electron chi connectivity index (χ1n) is 8.61.